The molecule has 0 heterocycles. The molecule has 108 valence electrons. The van der Waals surface area contributed by atoms with E-state index >= 15 is 0 Å². The van der Waals surface area contributed by atoms with Gasteiger partial charge in [-0.25, -0.2) is 0 Å². The molecule has 0 aliphatic heterocycles. The molecule has 1 saturated carbocycles. The first-order valence-corrected chi connectivity index (χ1v) is 6.49. The van der Waals surface area contributed by atoms with Gasteiger partial charge in [0.15, 0.2) is 0 Å². The Hall–Kier alpha value is -0.330. The van der Waals surface area contributed by atoms with Crippen LogP contribution in [-0.4, -0.2) is 50.0 Å². The Balaban J connectivity index is 2.05. The number of ether oxygens (including phenoxy) is 1. The van der Waals surface area contributed by atoms with Crippen LogP contribution in [0.5, 0.6) is 0 Å². The molecular formula is C12H23F3N2O. The number of rotatable bonds is 6. The minimum absolute atomic E-state index is 0.163. The van der Waals surface area contributed by atoms with Crippen molar-refractivity contribution in [3.8, 4) is 0 Å². The third kappa shape index (κ3) is 6.56. The highest BCUT2D eigenvalue weighted by molar-refractivity contribution is 4.79. The maximum absolute atomic E-state index is 11.8. The lowest BCUT2D eigenvalue weighted by Crippen LogP contribution is -2.39. The zero-order chi connectivity index (χ0) is 13.6. The largest absolute Gasteiger partial charge is 0.411 e. The highest BCUT2D eigenvalue weighted by Gasteiger charge is 2.27. The molecule has 0 saturated heterocycles. The van der Waals surface area contributed by atoms with Crippen LogP contribution in [0.15, 0.2) is 0 Å². The van der Waals surface area contributed by atoms with Crippen LogP contribution in [0.1, 0.15) is 32.1 Å². The predicted molar refractivity (Wildman–Crippen MR) is 64.4 cm³/mol. The maximum atomic E-state index is 11.8. The van der Waals surface area contributed by atoms with Crippen LogP contribution >= 0.6 is 0 Å². The molecule has 1 rings (SSSR count). The number of hydrogen-bond donors (Lipinski definition) is 1. The van der Waals surface area contributed by atoms with E-state index in [1.54, 1.807) is 0 Å². The summed E-state index contributed by atoms with van der Waals surface area (Å²) < 4.78 is 40.0. The molecule has 1 aliphatic carbocycles. The lowest BCUT2D eigenvalue weighted by atomic mass is 9.91. The Labute approximate surface area is 106 Å². The van der Waals surface area contributed by atoms with E-state index in [-0.39, 0.29) is 6.61 Å². The Bertz CT molecular complexity index is 228. The first kappa shape index (κ1) is 15.7. The minimum Gasteiger partial charge on any atom is -0.372 e. The molecule has 1 aliphatic rings. The fraction of sp³-hybridized carbons (Fsp3) is 1.00. The quantitative estimate of drug-likeness (QED) is 0.750. The van der Waals surface area contributed by atoms with E-state index in [1.165, 1.54) is 0 Å². The van der Waals surface area contributed by atoms with Gasteiger partial charge in [0, 0.05) is 25.2 Å². The third-order valence-electron chi connectivity index (χ3n) is 3.43. The summed E-state index contributed by atoms with van der Waals surface area (Å²) in [5.74, 6) is 0. The fourth-order valence-corrected chi connectivity index (χ4v) is 2.33. The molecule has 0 spiro atoms. The van der Waals surface area contributed by atoms with Crippen LogP contribution in [0.25, 0.3) is 0 Å². The molecule has 2 N–H and O–H groups in total. The molecule has 0 atom stereocenters. The molecule has 6 heteroatoms. The van der Waals surface area contributed by atoms with Crippen molar-refractivity contribution in [1.29, 1.82) is 0 Å². The Morgan fingerprint density at radius 2 is 1.83 bits per heavy atom. The maximum Gasteiger partial charge on any atom is 0.411 e. The van der Waals surface area contributed by atoms with Crippen LogP contribution < -0.4 is 5.73 Å². The van der Waals surface area contributed by atoms with E-state index in [0.717, 1.165) is 32.2 Å². The van der Waals surface area contributed by atoms with Crippen molar-refractivity contribution in [2.45, 2.75) is 50.4 Å². The fourth-order valence-electron chi connectivity index (χ4n) is 2.33. The number of nitrogens with two attached hydrogens (primary N) is 1. The summed E-state index contributed by atoms with van der Waals surface area (Å²) in [7, 11) is 2.02. The van der Waals surface area contributed by atoms with Gasteiger partial charge in [0.1, 0.15) is 6.61 Å². The van der Waals surface area contributed by atoms with Gasteiger partial charge in [0.25, 0.3) is 0 Å². The van der Waals surface area contributed by atoms with E-state index in [4.69, 9.17) is 5.73 Å². The zero-order valence-corrected chi connectivity index (χ0v) is 10.9. The van der Waals surface area contributed by atoms with E-state index in [0.29, 0.717) is 18.5 Å². The predicted octanol–water partition coefficient (Wildman–Crippen LogP) is 2.16. The molecule has 18 heavy (non-hydrogen) atoms. The molecule has 3 nitrogen and oxygen atoms in total. The Kier molecular flexibility index (Phi) is 6.38. The average molecular weight is 268 g/mol. The number of hydrogen-bond acceptors (Lipinski definition) is 3. The van der Waals surface area contributed by atoms with Crippen LogP contribution in [0.3, 0.4) is 0 Å². The molecule has 0 bridgehead atoms. The molecule has 1 fully saturated rings. The molecule has 0 aromatic rings. The molecule has 0 amide bonds. The number of nitrogens with zero attached hydrogens (tertiary/aromatic N) is 1. The van der Waals surface area contributed by atoms with Gasteiger partial charge in [-0.1, -0.05) is 0 Å². The van der Waals surface area contributed by atoms with Gasteiger partial charge in [-0.2, -0.15) is 13.2 Å². The van der Waals surface area contributed by atoms with Crippen molar-refractivity contribution < 1.29 is 17.9 Å². The topological polar surface area (TPSA) is 38.5 Å². The van der Waals surface area contributed by atoms with Crippen LogP contribution in [0.4, 0.5) is 13.2 Å². The van der Waals surface area contributed by atoms with Crippen molar-refractivity contribution in [2.24, 2.45) is 5.73 Å². The Morgan fingerprint density at radius 3 is 2.39 bits per heavy atom. The van der Waals surface area contributed by atoms with E-state index in [2.05, 4.69) is 9.64 Å². The summed E-state index contributed by atoms with van der Waals surface area (Å²) in [6.45, 7) is -0.206. The van der Waals surface area contributed by atoms with Gasteiger partial charge in [0.05, 0.1) is 0 Å². The van der Waals surface area contributed by atoms with Crippen LogP contribution in [0, 0.1) is 0 Å². The summed E-state index contributed by atoms with van der Waals surface area (Å²) in [4.78, 5) is 2.21. The summed E-state index contributed by atoms with van der Waals surface area (Å²) in [5, 5.41) is 0. The SMILES string of the molecule is CN(CCCOCC(F)(F)F)C1CCC(N)CC1. The lowest BCUT2D eigenvalue weighted by molar-refractivity contribution is -0.174. The highest BCUT2D eigenvalue weighted by Crippen LogP contribution is 2.21. The first-order valence-electron chi connectivity index (χ1n) is 6.49. The summed E-state index contributed by atoms with van der Waals surface area (Å²) in [6, 6.07) is 0.845. The third-order valence-corrected chi connectivity index (χ3v) is 3.43. The minimum atomic E-state index is -4.22. The smallest absolute Gasteiger partial charge is 0.372 e. The normalized spacial score (nSPS) is 25.7. The number of alkyl halides is 3. The molecule has 0 aromatic heterocycles. The van der Waals surface area contributed by atoms with Crippen molar-refractivity contribution in [2.75, 3.05) is 26.8 Å². The monoisotopic (exact) mass is 268 g/mol. The van der Waals surface area contributed by atoms with E-state index < -0.39 is 12.8 Å². The van der Waals surface area contributed by atoms with Gasteiger partial charge >= 0.3 is 6.18 Å². The summed E-state index contributed by atoms with van der Waals surface area (Å²) >= 11 is 0. The first-order chi connectivity index (χ1) is 8.38. The molecule has 0 aromatic carbocycles. The molecular weight excluding hydrogens is 245 g/mol. The molecule has 0 radical (unpaired) electrons. The van der Waals surface area contributed by atoms with Crippen molar-refractivity contribution in [1.82, 2.24) is 4.90 Å². The van der Waals surface area contributed by atoms with E-state index in [9.17, 15) is 13.2 Å². The second kappa shape index (κ2) is 7.31. The van der Waals surface area contributed by atoms with Crippen molar-refractivity contribution in [3.63, 3.8) is 0 Å². The lowest BCUT2D eigenvalue weighted by Gasteiger charge is -2.33. The van der Waals surface area contributed by atoms with Crippen molar-refractivity contribution in [3.05, 3.63) is 0 Å². The van der Waals surface area contributed by atoms with Gasteiger partial charge < -0.3 is 15.4 Å². The Morgan fingerprint density at radius 1 is 1.22 bits per heavy atom. The van der Waals surface area contributed by atoms with Gasteiger partial charge in [-0.15, -0.1) is 0 Å². The molecule has 0 unspecified atom stereocenters. The average Bonchev–Trinajstić information content (AvgIpc) is 2.27. The highest BCUT2D eigenvalue weighted by atomic mass is 19.4. The van der Waals surface area contributed by atoms with Crippen molar-refractivity contribution >= 4 is 0 Å². The van der Waals surface area contributed by atoms with Gasteiger partial charge in [0.2, 0.25) is 0 Å². The summed E-state index contributed by atoms with van der Waals surface area (Å²) in [5.41, 5.74) is 5.83. The van der Waals surface area contributed by atoms with Gasteiger partial charge in [-0.05, 0) is 39.2 Å². The standard InChI is InChI=1S/C12H23F3N2O/c1-17(11-5-3-10(16)4-6-11)7-2-8-18-9-12(13,14)15/h10-11H,2-9,16H2,1H3. The number of halogens is 3. The second-order valence-corrected chi connectivity index (χ2v) is 5.07. The second-order valence-electron chi connectivity index (χ2n) is 5.07. The zero-order valence-electron chi connectivity index (χ0n) is 10.9. The van der Waals surface area contributed by atoms with E-state index in [1.807, 2.05) is 7.05 Å². The van der Waals surface area contributed by atoms with Crippen LogP contribution in [0.2, 0.25) is 0 Å². The van der Waals surface area contributed by atoms with Crippen LogP contribution in [-0.2, 0) is 4.74 Å². The van der Waals surface area contributed by atoms with Gasteiger partial charge in [-0.3, -0.25) is 0 Å². The summed E-state index contributed by atoms with van der Waals surface area (Å²) in [6.07, 6.45) is 0.669.